The predicted octanol–water partition coefficient (Wildman–Crippen LogP) is 1.52. The molecule has 0 aromatic rings. The third-order valence-electron chi connectivity index (χ3n) is 4.44. The molecule has 2 fully saturated rings. The Hall–Kier alpha value is -0.570. The van der Waals surface area contributed by atoms with Gasteiger partial charge < -0.3 is 11.1 Å². The van der Waals surface area contributed by atoms with E-state index in [0.717, 1.165) is 24.3 Å². The quantitative estimate of drug-likeness (QED) is 0.760. The summed E-state index contributed by atoms with van der Waals surface area (Å²) in [6.07, 6.45) is 5.51. The van der Waals surface area contributed by atoms with Crippen LogP contribution in [0.5, 0.6) is 0 Å². The third-order valence-corrected chi connectivity index (χ3v) is 4.44. The standard InChI is InChI=1S/C13H24N2O/c1-8(2)12(14)13(16)15-7-11-6-9-3-4-10(11)5-9/h8-12H,3-7,14H2,1-2H3,(H,15,16)/t9?,10?,11?,12-/m0/s1. The van der Waals surface area contributed by atoms with Gasteiger partial charge >= 0.3 is 0 Å². The molecular formula is C13H24N2O. The van der Waals surface area contributed by atoms with Crippen molar-refractivity contribution < 1.29 is 4.79 Å². The van der Waals surface area contributed by atoms with Gasteiger partial charge in [-0.3, -0.25) is 4.79 Å². The molecule has 0 aliphatic heterocycles. The molecule has 92 valence electrons. The van der Waals surface area contributed by atoms with Crippen molar-refractivity contribution >= 4 is 5.91 Å². The van der Waals surface area contributed by atoms with Gasteiger partial charge in [0.25, 0.3) is 0 Å². The van der Waals surface area contributed by atoms with Crippen molar-refractivity contribution in [2.24, 2.45) is 29.4 Å². The van der Waals surface area contributed by atoms with Crippen molar-refractivity contribution in [2.45, 2.75) is 45.6 Å². The molecule has 16 heavy (non-hydrogen) atoms. The van der Waals surface area contributed by atoms with E-state index in [1.165, 1.54) is 25.7 Å². The monoisotopic (exact) mass is 224 g/mol. The van der Waals surface area contributed by atoms with Crippen LogP contribution in [0.4, 0.5) is 0 Å². The molecule has 0 aromatic heterocycles. The minimum Gasteiger partial charge on any atom is -0.354 e. The van der Waals surface area contributed by atoms with Gasteiger partial charge in [-0.25, -0.2) is 0 Å². The van der Waals surface area contributed by atoms with E-state index >= 15 is 0 Å². The van der Waals surface area contributed by atoms with E-state index in [0.29, 0.717) is 0 Å². The summed E-state index contributed by atoms with van der Waals surface area (Å²) < 4.78 is 0. The molecule has 2 bridgehead atoms. The van der Waals surface area contributed by atoms with Crippen LogP contribution in [0.1, 0.15) is 39.5 Å². The molecule has 4 atom stereocenters. The van der Waals surface area contributed by atoms with Crippen LogP contribution in [0.15, 0.2) is 0 Å². The van der Waals surface area contributed by atoms with Gasteiger partial charge in [0, 0.05) is 6.54 Å². The largest absolute Gasteiger partial charge is 0.354 e. The van der Waals surface area contributed by atoms with Crippen LogP contribution in [-0.2, 0) is 4.79 Å². The van der Waals surface area contributed by atoms with Crippen LogP contribution < -0.4 is 11.1 Å². The molecule has 1 amide bonds. The molecular weight excluding hydrogens is 200 g/mol. The molecule has 3 nitrogen and oxygen atoms in total. The number of rotatable bonds is 4. The van der Waals surface area contributed by atoms with E-state index in [-0.39, 0.29) is 17.9 Å². The number of hydrogen-bond donors (Lipinski definition) is 2. The van der Waals surface area contributed by atoms with Crippen LogP contribution in [-0.4, -0.2) is 18.5 Å². The van der Waals surface area contributed by atoms with Gasteiger partial charge in [-0.05, 0) is 42.9 Å². The molecule has 2 aliphatic rings. The van der Waals surface area contributed by atoms with Crippen LogP contribution in [0.25, 0.3) is 0 Å². The highest BCUT2D eigenvalue weighted by atomic mass is 16.2. The smallest absolute Gasteiger partial charge is 0.237 e. The van der Waals surface area contributed by atoms with Gasteiger partial charge in [0.05, 0.1) is 6.04 Å². The fourth-order valence-electron chi connectivity index (χ4n) is 3.28. The summed E-state index contributed by atoms with van der Waals surface area (Å²) in [5.41, 5.74) is 5.81. The summed E-state index contributed by atoms with van der Waals surface area (Å²) in [5, 5.41) is 3.03. The summed E-state index contributed by atoms with van der Waals surface area (Å²) >= 11 is 0. The molecule has 2 rings (SSSR count). The van der Waals surface area contributed by atoms with Gasteiger partial charge in [0.15, 0.2) is 0 Å². The maximum absolute atomic E-state index is 11.7. The van der Waals surface area contributed by atoms with Crippen molar-refractivity contribution in [1.29, 1.82) is 0 Å². The number of carbonyl (C=O) groups is 1. The molecule has 2 saturated carbocycles. The van der Waals surface area contributed by atoms with Gasteiger partial charge in [-0.1, -0.05) is 20.3 Å². The second kappa shape index (κ2) is 4.74. The molecule has 3 unspecified atom stereocenters. The van der Waals surface area contributed by atoms with Crippen molar-refractivity contribution in [3.05, 3.63) is 0 Å². The predicted molar refractivity (Wildman–Crippen MR) is 64.8 cm³/mol. The lowest BCUT2D eigenvalue weighted by atomic mass is 9.89. The van der Waals surface area contributed by atoms with Crippen LogP contribution in [0, 0.1) is 23.7 Å². The lowest BCUT2D eigenvalue weighted by Gasteiger charge is -2.23. The van der Waals surface area contributed by atoms with Crippen molar-refractivity contribution in [3.63, 3.8) is 0 Å². The van der Waals surface area contributed by atoms with Crippen LogP contribution in [0.2, 0.25) is 0 Å². The Morgan fingerprint density at radius 2 is 2.12 bits per heavy atom. The molecule has 3 N–H and O–H groups in total. The number of carbonyl (C=O) groups excluding carboxylic acids is 1. The summed E-state index contributed by atoms with van der Waals surface area (Å²) in [6.45, 7) is 4.82. The molecule has 3 heteroatoms. The normalized spacial score (nSPS) is 34.4. The number of amides is 1. The Kier molecular flexibility index (Phi) is 3.53. The van der Waals surface area contributed by atoms with Crippen LogP contribution >= 0.6 is 0 Å². The Labute approximate surface area is 98.2 Å². The molecule has 0 heterocycles. The SMILES string of the molecule is CC(C)[C@H](N)C(=O)NCC1CC2CCC1C2. The molecule has 2 aliphatic carbocycles. The van der Waals surface area contributed by atoms with Gasteiger partial charge in [0.1, 0.15) is 0 Å². The van der Waals surface area contributed by atoms with E-state index in [4.69, 9.17) is 5.73 Å². The maximum Gasteiger partial charge on any atom is 0.237 e. The lowest BCUT2D eigenvalue weighted by molar-refractivity contribution is -0.123. The summed E-state index contributed by atoms with van der Waals surface area (Å²) in [4.78, 5) is 11.7. The second-order valence-electron chi connectivity index (χ2n) is 5.95. The van der Waals surface area contributed by atoms with E-state index in [1.54, 1.807) is 0 Å². The lowest BCUT2D eigenvalue weighted by Crippen LogP contribution is -2.45. The third kappa shape index (κ3) is 2.40. The first-order valence-corrected chi connectivity index (χ1v) is 6.61. The minimum atomic E-state index is -0.349. The van der Waals surface area contributed by atoms with Crippen molar-refractivity contribution in [3.8, 4) is 0 Å². The molecule has 0 radical (unpaired) electrons. The first-order valence-electron chi connectivity index (χ1n) is 6.61. The fraction of sp³-hybridized carbons (Fsp3) is 0.923. The minimum absolute atomic E-state index is 0.0257. The summed E-state index contributed by atoms with van der Waals surface area (Å²) in [6, 6.07) is -0.349. The average Bonchev–Trinajstić information content (AvgIpc) is 2.86. The van der Waals surface area contributed by atoms with Crippen LogP contribution in [0.3, 0.4) is 0 Å². The zero-order valence-electron chi connectivity index (χ0n) is 10.4. The maximum atomic E-state index is 11.7. The fourth-order valence-corrected chi connectivity index (χ4v) is 3.28. The van der Waals surface area contributed by atoms with Gasteiger partial charge in [-0.2, -0.15) is 0 Å². The Morgan fingerprint density at radius 3 is 2.62 bits per heavy atom. The number of nitrogens with one attached hydrogen (secondary N) is 1. The van der Waals surface area contributed by atoms with E-state index in [2.05, 4.69) is 5.32 Å². The Morgan fingerprint density at radius 1 is 1.38 bits per heavy atom. The first-order chi connectivity index (χ1) is 7.58. The Bertz CT molecular complexity index is 265. The molecule has 0 aromatic carbocycles. The highest BCUT2D eigenvalue weighted by Gasteiger charge is 2.39. The highest BCUT2D eigenvalue weighted by molar-refractivity contribution is 5.81. The van der Waals surface area contributed by atoms with Gasteiger partial charge in [-0.15, -0.1) is 0 Å². The average molecular weight is 224 g/mol. The second-order valence-corrected chi connectivity index (χ2v) is 5.95. The van der Waals surface area contributed by atoms with E-state index in [1.807, 2.05) is 13.8 Å². The van der Waals surface area contributed by atoms with Crippen molar-refractivity contribution in [2.75, 3.05) is 6.54 Å². The zero-order chi connectivity index (χ0) is 11.7. The highest BCUT2D eigenvalue weighted by Crippen LogP contribution is 2.47. The zero-order valence-corrected chi connectivity index (χ0v) is 10.4. The van der Waals surface area contributed by atoms with E-state index in [9.17, 15) is 4.79 Å². The molecule has 0 saturated heterocycles. The number of fused-ring (bicyclic) bond motifs is 2. The number of hydrogen-bond acceptors (Lipinski definition) is 2. The first kappa shape index (κ1) is 11.9. The summed E-state index contributed by atoms with van der Waals surface area (Å²) in [7, 11) is 0. The Balaban J connectivity index is 1.73. The van der Waals surface area contributed by atoms with E-state index < -0.39 is 0 Å². The molecule has 0 spiro atoms. The summed E-state index contributed by atoms with van der Waals surface area (Å²) in [5.74, 6) is 2.80. The number of nitrogens with two attached hydrogens (primary N) is 1. The van der Waals surface area contributed by atoms with Crippen molar-refractivity contribution in [1.82, 2.24) is 5.32 Å². The topological polar surface area (TPSA) is 55.1 Å². The van der Waals surface area contributed by atoms with Gasteiger partial charge in [0.2, 0.25) is 5.91 Å².